The lowest BCUT2D eigenvalue weighted by atomic mass is 10.1. The minimum Gasteiger partial charge on any atom is -0.434 e. The molecule has 0 aliphatic rings. The van der Waals surface area contributed by atoms with Crippen molar-refractivity contribution in [2.45, 2.75) is 13.0 Å². The Bertz CT molecular complexity index is 580. The Labute approximate surface area is 104 Å². The van der Waals surface area contributed by atoms with Gasteiger partial charge >= 0.3 is 13.0 Å². The van der Waals surface area contributed by atoms with E-state index in [2.05, 4.69) is 9.47 Å². The van der Waals surface area contributed by atoms with Gasteiger partial charge in [0.05, 0.1) is 0 Å². The zero-order chi connectivity index (χ0) is 14.0. The fraction of sp³-hybridized carbons (Fsp3) is 0.167. The third-order valence-corrected chi connectivity index (χ3v) is 2.29. The topological polar surface area (TPSA) is 18.5 Å². The van der Waals surface area contributed by atoms with Crippen LogP contribution >= 0.6 is 0 Å². The molecule has 0 saturated carbocycles. The van der Waals surface area contributed by atoms with Crippen LogP contribution < -0.4 is 9.47 Å². The van der Waals surface area contributed by atoms with Gasteiger partial charge in [0.1, 0.15) is 11.5 Å². The molecule has 0 atom stereocenters. The Morgan fingerprint density at radius 1 is 0.842 bits per heavy atom. The largest absolute Gasteiger partial charge is 0.573 e. The molecule has 0 aromatic heterocycles. The summed E-state index contributed by atoms with van der Waals surface area (Å²) in [5, 5.41) is 0.155. The van der Waals surface area contributed by atoms with Gasteiger partial charge in [-0.05, 0) is 12.1 Å². The van der Waals surface area contributed by atoms with Crippen LogP contribution in [0.15, 0.2) is 36.4 Å². The highest BCUT2D eigenvalue weighted by Crippen LogP contribution is 2.36. The van der Waals surface area contributed by atoms with Gasteiger partial charge in [0.2, 0.25) is 0 Å². The molecule has 7 heteroatoms. The number of hydrogen-bond donors (Lipinski definition) is 0. The summed E-state index contributed by atoms with van der Waals surface area (Å²) in [4.78, 5) is 0. The molecule has 0 radical (unpaired) electrons. The molecule has 0 heterocycles. The average Bonchev–Trinajstić information content (AvgIpc) is 2.30. The van der Waals surface area contributed by atoms with E-state index in [1.54, 1.807) is 0 Å². The Balaban J connectivity index is 2.52. The molecule has 19 heavy (non-hydrogen) atoms. The summed E-state index contributed by atoms with van der Waals surface area (Å²) in [6.45, 7) is -3.06. The second-order valence-corrected chi connectivity index (χ2v) is 3.53. The second-order valence-electron chi connectivity index (χ2n) is 3.53. The summed E-state index contributed by atoms with van der Waals surface area (Å²) in [6.07, 6.45) is -4.85. The van der Waals surface area contributed by atoms with Crippen molar-refractivity contribution in [1.29, 1.82) is 0 Å². The molecule has 0 N–H and O–H groups in total. The number of rotatable bonds is 3. The van der Waals surface area contributed by atoms with Gasteiger partial charge in [-0.3, -0.25) is 0 Å². The van der Waals surface area contributed by atoms with E-state index in [-0.39, 0.29) is 16.5 Å². The first-order valence-corrected chi connectivity index (χ1v) is 5.09. The zero-order valence-electron chi connectivity index (χ0n) is 9.25. The smallest absolute Gasteiger partial charge is 0.434 e. The van der Waals surface area contributed by atoms with Gasteiger partial charge in [-0.25, -0.2) is 0 Å². The Morgan fingerprint density at radius 3 is 1.89 bits per heavy atom. The van der Waals surface area contributed by atoms with Crippen LogP contribution in [0, 0.1) is 0 Å². The second kappa shape index (κ2) is 4.91. The molecule has 2 nitrogen and oxygen atoms in total. The summed E-state index contributed by atoms with van der Waals surface area (Å²) in [5.41, 5.74) is 0. The Morgan fingerprint density at radius 2 is 1.37 bits per heavy atom. The molecule has 2 aromatic carbocycles. The van der Waals surface area contributed by atoms with Crippen LogP contribution in [-0.2, 0) is 0 Å². The summed E-state index contributed by atoms with van der Waals surface area (Å²) in [5.74, 6) is -0.676. The van der Waals surface area contributed by atoms with Crippen molar-refractivity contribution in [2.75, 3.05) is 0 Å². The maximum absolute atomic E-state index is 12.2. The van der Waals surface area contributed by atoms with Crippen LogP contribution in [0.3, 0.4) is 0 Å². The molecule has 0 unspecified atom stereocenters. The summed E-state index contributed by atoms with van der Waals surface area (Å²) in [7, 11) is 0. The molecule has 102 valence electrons. The van der Waals surface area contributed by atoms with E-state index < -0.39 is 18.7 Å². The minimum atomic E-state index is -4.85. The first kappa shape index (κ1) is 13.4. The lowest BCUT2D eigenvalue weighted by molar-refractivity contribution is -0.274. The molecule has 2 aromatic rings. The molecule has 0 aliphatic carbocycles. The number of halogens is 5. The van der Waals surface area contributed by atoms with Crippen LogP contribution in [0.1, 0.15) is 0 Å². The summed E-state index contributed by atoms with van der Waals surface area (Å²) < 4.78 is 69.1. The predicted octanol–water partition coefficient (Wildman–Crippen LogP) is 4.34. The molecule has 0 bridgehead atoms. The van der Waals surface area contributed by atoms with Gasteiger partial charge < -0.3 is 9.47 Å². The molecule has 0 saturated heterocycles. The van der Waals surface area contributed by atoms with Gasteiger partial charge in [0, 0.05) is 10.8 Å². The normalized spacial score (nSPS) is 11.9. The van der Waals surface area contributed by atoms with Gasteiger partial charge in [-0.15, -0.1) is 13.2 Å². The lowest BCUT2D eigenvalue weighted by Crippen LogP contribution is -2.17. The molecule has 0 amide bonds. The van der Waals surface area contributed by atoms with Crippen molar-refractivity contribution in [3.05, 3.63) is 36.4 Å². The van der Waals surface area contributed by atoms with E-state index in [9.17, 15) is 22.0 Å². The monoisotopic (exact) mass is 278 g/mol. The fourth-order valence-electron chi connectivity index (χ4n) is 1.66. The highest BCUT2D eigenvalue weighted by molar-refractivity contribution is 5.93. The molecule has 0 fully saturated rings. The third kappa shape index (κ3) is 3.24. The first-order valence-electron chi connectivity index (χ1n) is 5.09. The van der Waals surface area contributed by atoms with Crippen molar-refractivity contribution >= 4 is 10.8 Å². The van der Waals surface area contributed by atoms with Crippen molar-refractivity contribution in [3.63, 3.8) is 0 Å². The van der Waals surface area contributed by atoms with Crippen LogP contribution in [0.4, 0.5) is 22.0 Å². The molecular formula is C12H7F5O2. The van der Waals surface area contributed by atoms with Crippen LogP contribution in [-0.4, -0.2) is 13.0 Å². The number of hydrogen-bond acceptors (Lipinski definition) is 2. The van der Waals surface area contributed by atoms with Gasteiger partial charge in [-0.2, -0.15) is 8.78 Å². The average molecular weight is 278 g/mol. The van der Waals surface area contributed by atoms with Crippen molar-refractivity contribution in [1.82, 2.24) is 0 Å². The summed E-state index contributed by atoms with van der Waals surface area (Å²) >= 11 is 0. The number of alkyl halides is 5. The molecule has 0 aliphatic heterocycles. The molecule has 0 spiro atoms. The quantitative estimate of drug-likeness (QED) is 0.777. The number of benzene rings is 2. The fourth-order valence-corrected chi connectivity index (χ4v) is 1.66. The van der Waals surface area contributed by atoms with E-state index in [0.717, 1.165) is 12.1 Å². The van der Waals surface area contributed by atoms with Crippen LogP contribution in [0.5, 0.6) is 11.5 Å². The predicted molar refractivity (Wildman–Crippen MR) is 57.3 cm³/mol. The first-order chi connectivity index (χ1) is 8.87. The van der Waals surface area contributed by atoms with Gasteiger partial charge in [0.25, 0.3) is 0 Å². The van der Waals surface area contributed by atoms with Crippen LogP contribution in [0.2, 0.25) is 0 Å². The highest BCUT2D eigenvalue weighted by atomic mass is 19.4. The zero-order valence-corrected chi connectivity index (χ0v) is 9.25. The highest BCUT2D eigenvalue weighted by Gasteiger charge is 2.32. The van der Waals surface area contributed by atoms with E-state index >= 15 is 0 Å². The number of ether oxygens (including phenoxy) is 2. The van der Waals surface area contributed by atoms with E-state index in [1.165, 1.54) is 24.3 Å². The van der Waals surface area contributed by atoms with Gasteiger partial charge in [-0.1, -0.05) is 24.3 Å². The maximum atomic E-state index is 12.2. The van der Waals surface area contributed by atoms with Gasteiger partial charge in [0.15, 0.2) is 0 Å². The lowest BCUT2D eigenvalue weighted by Gasteiger charge is -2.14. The summed E-state index contributed by atoms with van der Waals surface area (Å²) in [6, 6.07) is 7.61. The standard InChI is InChI=1S/C12H7F5O2/c13-11(14)18-9-5-6-10(19-12(15,16)17)8-4-2-1-3-7(8)9/h1-6,11H. The number of fused-ring (bicyclic) bond motifs is 1. The minimum absolute atomic E-state index is 0.0398. The SMILES string of the molecule is FC(F)Oc1ccc(OC(F)(F)F)c2ccccc12. The molecule has 2 rings (SSSR count). The van der Waals surface area contributed by atoms with Crippen molar-refractivity contribution < 1.29 is 31.4 Å². The van der Waals surface area contributed by atoms with Crippen LogP contribution in [0.25, 0.3) is 10.8 Å². The van der Waals surface area contributed by atoms with E-state index in [1.807, 2.05) is 0 Å². The maximum Gasteiger partial charge on any atom is 0.573 e. The van der Waals surface area contributed by atoms with Crippen molar-refractivity contribution in [2.24, 2.45) is 0 Å². The Kier molecular flexibility index (Phi) is 3.46. The van der Waals surface area contributed by atoms with E-state index in [0.29, 0.717) is 0 Å². The Hall–Kier alpha value is -2.05. The van der Waals surface area contributed by atoms with E-state index in [4.69, 9.17) is 0 Å². The third-order valence-electron chi connectivity index (χ3n) is 2.29. The molecular weight excluding hydrogens is 271 g/mol. The van der Waals surface area contributed by atoms with Crippen molar-refractivity contribution in [3.8, 4) is 11.5 Å².